The number of anilines is 1. The number of halogens is 2. The van der Waals surface area contributed by atoms with E-state index in [4.69, 9.17) is 5.11 Å². The normalized spacial score (nSPS) is 11.4. The molecule has 7 heteroatoms. The fraction of sp³-hybridized carbons (Fsp3) is 0.143. The second-order valence-corrected chi connectivity index (χ2v) is 6.08. The summed E-state index contributed by atoms with van der Waals surface area (Å²) in [7, 11) is -4.13. The van der Waals surface area contributed by atoms with Crippen molar-refractivity contribution in [2.45, 2.75) is 18.4 Å². The molecule has 2 aromatic carbocycles. The number of aliphatic hydroxyl groups is 1. The van der Waals surface area contributed by atoms with Crippen LogP contribution in [0.1, 0.15) is 11.1 Å². The molecule has 4 nitrogen and oxygen atoms in total. The van der Waals surface area contributed by atoms with Gasteiger partial charge in [-0.15, -0.1) is 0 Å². The van der Waals surface area contributed by atoms with Crippen LogP contribution in [0.15, 0.2) is 41.3 Å². The monoisotopic (exact) mass is 313 g/mol. The maximum absolute atomic E-state index is 13.4. The highest BCUT2D eigenvalue weighted by molar-refractivity contribution is 7.92. The first-order valence-corrected chi connectivity index (χ1v) is 7.50. The van der Waals surface area contributed by atoms with Crippen LogP contribution in [0.25, 0.3) is 0 Å². The van der Waals surface area contributed by atoms with Crippen LogP contribution in [-0.4, -0.2) is 13.5 Å². The largest absolute Gasteiger partial charge is 0.392 e. The smallest absolute Gasteiger partial charge is 0.262 e. The molecular weight excluding hydrogens is 300 g/mol. The van der Waals surface area contributed by atoms with E-state index in [1.807, 2.05) is 0 Å². The molecule has 0 heterocycles. The summed E-state index contributed by atoms with van der Waals surface area (Å²) in [5.41, 5.74) is 0.240. The Bertz CT molecular complexity index is 776. The lowest BCUT2D eigenvalue weighted by Gasteiger charge is -2.13. The second-order valence-electron chi connectivity index (χ2n) is 4.43. The lowest BCUT2D eigenvalue weighted by Crippen LogP contribution is -2.16. The molecule has 0 spiro atoms. The molecule has 2 rings (SSSR count). The van der Waals surface area contributed by atoms with Crippen molar-refractivity contribution in [3.05, 3.63) is 59.2 Å². The first kappa shape index (κ1) is 15.4. The van der Waals surface area contributed by atoms with Crippen LogP contribution >= 0.6 is 0 Å². The van der Waals surface area contributed by atoms with E-state index in [1.165, 1.54) is 31.2 Å². The van der Waals surface area contributed by atoms with Crippen molar-refractivity contribution in [3.63, 3.8) is 0 Å². The van der Waals surface area contributed by atoms with Crippen molar-refractivity contribution in [1.29, 1.82) is 0 Å². The molecule has 0 amide bonds. The van der Waals surface area contributed by atoms with Crippen LogP contribution in [0.3, 0.4) is 0 Å². The van der Waals surface area contributed by atoms with E-state index >= 15 is 0 Å². The van der Waals surface area contributed by atoms with Gasteiger partial charge in [0, 0.05) is 5.56 Å². The molecule has 0 saturated carbocycles. The lowest BCUT2D eigenvalue weighted by molar-refractivity contribution is 0.278. The van der Waals surface area contributed by atoms with E-state index in [0.717, 1.165) is 12.1 Å². The van der Waals surface area contributed by atoms with Gasteiger partial charge in [0.2, 0.25) is 0 Å². The Morgan fingerprint density at radius 3 is 2.57 bits per heavy atom. The van der Waals surface area contributed by atoms with Gasteiger partial charge in [0.05, 0.1) is 17.2 Å². The molecule has 2 aromatic rings. The van der Waals surface area contributed by atoms with Gasteiger partial charge < -0.3 is 5.11 Å². The van der Waals surface area contributed by atoms with E-state index in [1.54, 1.807) is 0 Å². The predicted molar refractivity (Wildman–Crippen MR) is 74.3 cm³/mol. The Kier molecular flexibility index (Phi) is 4.24. The van der Waals surface area contributed by atoms with Gasteiger partial charge in [-0.25, -0.2) is 17.2 Å². The van der Waals surface area contributed by atoms with Crippen molar-refractivity contribution < 1.29 is 22.3 Å². The fourth-order valence-corrected chi connectivity index (χ4v) is 3.19. The molecule has 0 aromatic heterocycles. The molecule has 0 aliphatic carbocycles. The molecule has 0 bridgehead atoms. The van der Waals surface area contributed by atoms with Crippen molar-refractivity contribution in [1.82, 2.24) is 0 Å². The second kappa shape index (κ2) is 5.79. The average molecular weight is 313 g/mol. The van der Waals surface area contributed by atoms with Gasteiger partial charge in [-0.05, 0) is 36.8 Å². The van der Waals surface area contributed by atoms with Gasteiger partial charge in [0.25, 0.3) is 10.0 Å². The van der Waals surface area contributed by atoms with E-state index in [9.17, 15) is 17.2 Å². The number of hydrogen-bond donors (Lipinski definition) is 2. The first-order chi connectivity index (χ1) is 9.85. The standard InChI is InChI=1S/C14H13F2NO3S/c1-9-12(16)3-2-4-13(9)17-21(19,20)14-7-11(15)6-5-10(14)8-18/h2-7,17-18H,8H2,1H3. The minimum atomic E-state index is -4.13. The quantitative estimate of drug-likeness (QED) is 0.911. The summed E-state index contributed by atoms with van der Waals surface area (Å²) in [6.45, 7) is 0.865. The SMILES string of the molecule is Cc1c(F)cccc1NS(=O)(=O)c1cc(F)ccc1CO. The predicted octanol–water partition coefficient (Wildman–Crippen LogP) is 2.57. The van der Waals surface area contributed by atoms with Crippen LogP contribution in [-0.2, 0) is 16.6 Å². The molecule has 0 radical (unpaired) electrons. The summed E-state index contributed by atoms with van der Waals surface area (Å²) in [5, 5.41) is 9.16. The lowest BCUT2D eigenvalue weighted by atomic mass is 10.2. The Morgan fingerprint density at radius 2 is 1.90 bits per heavy atom. The van der Waals surface area contributed by atoms with Crippen LogP contribution < -0.4 is 4.72 Å². The molecule has 0 unspecified atom stereocenters. The molecule has 0 aliphatic rings. The highest BCUT2D eigenvalue weighted by Gasteiger charge is 2.20. The van der Waals surface area contributed by atoms with Gasteiger partial charge in [-0.2, -0.15) is 0 Å². The number of sulfonamides is 1. The van der Waals surface area contributed by atoms with Crippen LogP contribution in [0, 0.1) is 18.6 Å². The van der Waals surface area contributed by atoms with E-state index in [0.29, 0.717) is 0 Å². The fourth-order valence-electron chi connectivity index (χ4n) is 1.83. The average Bonchev–Trinajstić information content (AvgIpc) is 2.44. The first-order valence-electron chi connectivity index (χ1n) is 6.02. The van der Waals surface area contributed by atoms with Gasteiger partial charge >= 0.3 is 0 Å². The summed E-state index contributed by atoms with van der Waals surface area (Å²) in [5.74, 6) is -1.31. The number of nitrogens with one attached hydrogen (secondary N) is 1. The van der Waals surface area contributed by atoms with Crippen molar-refractivity contribution in [3.8, 4) is 0 Å². The minimum Gasteiger partial charge on any atom is -0.392 e. The van der Waals surface area contributed by atoms with Crippen LogP contribution in [0.2, 0.25) is 0 Å². The van der Waals surface area contributed by atoms with Crippen LogP contribution in [0.5, 0.6) is 0 Å². The molecular formula is C14H13F2NO3S. The molecule has 0 saturated heterocycles. The summed E-state index contributed by atoms with van der Waals surface area (Å²) in [6.07, 6.45) is 0. The molecule has 0 aliphatic heterocycles. The summed E-state index contributed by atoms with van der Waals surface area (Å²) < 4.78 is 53.5. The molecule has 2 N–H and O–H groups in total. The zero-order chi connectivity index (χ0) is 15.6. The number of hydrogen-bond acceptors (Lipinski definition) is 3. The van der Waals surface area contributed by atoms with E-state index in [2.05, 4.69) is 4.72 Å². The summed E-state index contributed by atoms with van der Waals surface area (Å²) in [4.78, 5) is -0.381. The molecule has 112 valence electrons. The molecule has 0 atom stereocenters. The number of rotatable bonds is 4. The zero-order valence-corrected chi connectivity index (χ0v) is 11.9. The Labute approximate surface area is 121 Å². The summed E-state index contributed by atoms with van der Waals surface area (Å²) in [6, 6.07) is 7.00. The van der Waals surface area contributed by atoms with Crippen molar-refractivity contribution >= 4 is 15.7 Å². The number of aliphatic hydroxyl groups excluding tert-OH is 1. The Hall–Kier alpha value is -1.99. The third kappa shape index (κ3) is 3.20. The zero-order valence-electron chi connectivity index (χ0n) is 11.1. The Balaban J connectivity index is 2.48. The van der Waals surface area contributed by atoms with E-state index in [-0.39, 0.29) is 21.7 Å². The molecule has 21 heavy (non-hydrogen) atoms. The number of benzene rings is 2. The van der Waals surface area contributed by atoms with Gasteiger partial charge in [-0.1, -0.05) is 12.1 Å². The topological polar surface area (TPSA) is 66.4 Å². The highest BCUT2D eigenvalue weighted by Crippen LogP contribution is 2.24. The van der Waals surface area contributed by atoms with Crippen LogP contribution in [0.4, 0.5) is 14.5 Å². The highest BCUT2D eigenvalue weighted by atomic mass is 32.2. The maximum atomic E-state index is 13.4. The summed E-state index contributed by atoms with van der Waals surface area (Å²) >= 11 is 0. The third-order valence-electron chi connectivity index (χ3n) is 3.00. The van der Waals surface area contributed by atoms with Crippen molar-refractivity contribution in [2.75, 3.05) is 4.72 Å². The van der Waals surface area contributed by atoms with Gasteiger partial charge in [-0.3, -0.25) is 4.72 Å². The van der Waals surface area contributed by atoms with Crippen molar-refractivity contribution in [2.24, 2.45) is 0 Å². The van der Waals surface area contributed by atoms with Gasteiger partial charge in [0.15, 0.2) is 0 Å². The van der Waals surface area contributed by atoms with E-state index < -0.39 is 28.3 Å². The minimum absolute atomic E-state index is 0.0537. The third-order valence-corrected chi connectivity index (χ3v) is 4.45. The Morgan fingerprint density at radius 1 is 1.19 bits per heavy atom. The van der Waals surface area contributed by atoms with Gasteiger partial charge in [0.1, 0.15) is 11.6 Å². The molecule has 0 fully saturated rings. The maximum Gasteiger partial charge on any atom is 0.262 e.